The molecule has 1 fully saturated rings. The lowest BCUT2D eigenvalue weighted by Gasteiger charge is -2.35. The molecule has 0 bridgehead atoms. The third-order valence-corrected chi connectivity index (χ3v) is 4.91. The Balaban J connectivity index is 1.57. The van der Waals surface area contributed by atoms with Gasteiger partial charge in [0.05, 0.1) is 12.7 Å². The Morgan fingerprint density at radius 2 is 1.90 bits per heavy atom. The van der Waals surface area contributed by atoms with Gasteiger partial charge in [0.2, 0.25) is 6.10 Å². The fraction of sp³-hybridized carbons (Fsp3) is 0.381. The van der Waals surface area contributed by atoms with E-state index >= 15 is 0 Å². The summed E-state index contributed by atoms with van der Waals surface area (Å²) < 4.78 is 50.9. The Morgan fingerprint density at radius 1 is 1.20 bits per heavy atom. The number of nitrogens with zero attached hydrogens (tertiary/aromatic N) is 1. The first-order valence-corrected chi connectivity index (χ1v) is 9.85. The summed E-state index contributed by atoms with van der Waals surface area (Å²) in [7, 11) is 0. The Hall–Kier alpha value is -2.29. The number of benzene rings is 2. The van der Waals surface area contributed by atoms with Crippen molar-refractivity contribution < 1.29 is 27.4 Å². The van der Waals surface area contributed by atoms with Gasteiger partial charge in [0, 0.05) is 30.3 Å². The molecule has 1 N–H and O–H groups in total. The van der Waals surface area contributed by atoms with Crippen LogP contribution in [0.4, 0.5) is 23.7 Å². The lowest BCUT2D eigenvalue weighted by atomic mass is 10.1. The standard InChI is InChI=1S/C21H22ClF3N2O3/c22-16-6-8-17(9-7-16)26-20(28)30-19(21(23,24)25)14-27-10-11-29-18(13-27)12-15-4-2-1-3-5-15/h1-9,18-19H,10-14H2,(H,26,28)/t18-,19+/m1/s1. The van der Waals surface area contributed by atoms with Gasteiger partial charge in [-0.2, -0.15) is 13.2 Å². The van der Waals surface area contributed by atoms with Crippen LogP contribution in [-0.4, -0.2) is 55.6 Å². The number of halogens is 4. The quantitative estimate of drug-likeness (QED) is 0.700. The molecule has 0 radical (unpaired) electrons. The number of ether oxygens (including phenoxy) is 2. The predicted octanol–water partition coefficient (Wildman–Crippen LogP) is 4.76. The maximum absolute atomic E-state index is 13.5. The summed E-state index contributed by atoms with van der Waals surface area (Å²) in [4.78, 5) is 13.6. The van der Waals surface area contributed by atoms with Crippen molar-refractivity contribution in [2.24, 2.45) is 0 Å². The molecule has 5 nitrogen and oxygen atoms in total. The molecule has 2 aromatic rings. The first-order chi connectivity index (χ1) is 14.3. The second-order valence-corrected chi connectivity index (χ2v) is 7.45. The second kappa shape index (κ2) is 10.1. The number of nitrogens with one attached hydrogen (secondary N) is 1. The van der Waals surface area contributed by atoms with E-state index in [-0.39, 0.29) is 6.10 Å². The number of amides is 1. The van der Waals surface area contributed by atoms with Crippen LogP contribution >= 0.6 is 11.6 Å². The van der Waals surface area contributed by atoms with Gasteiger partial charge in [-0.15, -0.1) is 0 Å². The van der Waals surface area contributed by atoms with Crippen LogP contribution in [0.3, 0.4) is 0 Å². The van der Waals surface area contributed by atoms with Crippen LogP contribution < -0.4 is 5.32 Å². The van der Waals surface area contributed by atoms with Gasteiger partial charge >= 0.3 is 12.3 Å². The SMILES string of the molecule is O=C(Nc1ccc(Cl)cc1)O[C@@H](CN1CCO[C@H](Cc2ccccc2)C1)C(F)(F)F. The Bertz CT molecular complexity index is 818. The second-order valence-electron chi connectivity index (χ2n) is 7.01. The fourth-order valence-corrected chi connectivity index (χ4v) is 3.32. The molecule has 0 aliphatic carbocycles. The van der Waals surface area contributed by atoms with Crippen molar-refractivity contribution in [2.45, 2.75) is 24.8 Å². The first-order valence-electron chi connectivity index (χ1n) is 9.47. The minimum atomic E-state index is -4.69. The van der Waals surface area contributed by atoms with Crippen molar-refractivity contribution in [1.82, 2.24) is 4.90 Å². The number of hydrogen-bond acceptors (Lipinski definition) is 4. The number of morpholine rings is 1. The molecule has 1 aliphatic rings. The number of carbonyl (C=O) groups excluding carboxylic acids is 1. The summed E-state index contributed by atoms with van der Waals surface area (Å²) in [5.41, 5.74) is 1.34. The van der Waals surface area contributed by atoms with E-state index in [1.54, 1.807) is 4.90 Å². The highest BCUT2D eigenvalue weighted by Gasteiger charge is 2.44. The number of anilines is 1. The van der Waals surface area contributed by atoms with E-state index in [1.807, 2.05) is 30.3 Å². The smallest absolute Gasteiger partial charge is 0.426 e. The molecule has 0 unspecified atom stereocenters. The van der Waals surface area contributed by atoms with Gasteiger partial charge in [-0.05, 0) is 36.2 Å². The molecular formula is C21H22ClF3N2O3. The van der Waals surface area contributed by atoms with Gasteiger partial charge in [-0.3, -0.25) is 10.2 Å². The zero-order valence-corrected chi connectivity index (χ0v) is 16.8. The zero-order chi connectivity index (χ0) is 21.6. The normalized spacial score (nSPS) is 18.6. The topological polar surface area (TPSA) is 50.8 Å². The highest BCUT2D eigenvalue weighted by molar-refractivity contribution is 6.30. The van der Waals surface area contributed by atoms with E-state index in [0.717, 1.165) is 5.56 Å². The van der Waals surface area contributed by atoms with Crippen LogP contribution in [0.25, 0.3) is 0 Å². The maximum Gasteiger partial charge on any atom is 0.426 e. The molecule has 0 spiro atoms. The summed E-state index contributed by atoms with van der Waals surface area (Å²) in [5.74, 6) is 0. The average Bonchev–Trinajstić information content (AvgIpc) is 2.70. The van der Waals surface area contributed by atoms with E-state index in [1.165, 1.54) is 24.3 Å². The number of rotatable bonds is 6. The summed E-state index contributed by atoms with van der Waals surface area (Å²) >= 11 is 5.76. The van der Waals surface area contributed by atoms with Crippen LogP contribution in [0.2, 0.25) is 5.02 Å². The predicted molar refractivity (Wildman–Crippen MR) is 108 cm³/mol. The molecule has 2 aromatic carbocycles. The minimum absolute atomic E-state index is 0.224. The van der Waals surface area contributed by atoms with E-state index in [2.05, 4.69) is 5.32 Å². The Labute approximate surface area is 177 Å². The van der Waals surface area contributed by atoms with Crippen molar-refractivity contribution in [1.29, 1.82) is 0 Å². The fourth-order valence-electron chi connectivity index (χ4n) is 3.20. The third-order valence-electron chi connectivity index (χ3n) is 4.66. The number of carbonyl (C=O) groups is 1. The van der Waals surface area contributed by atoms with Gasteiger partial charge in [0.15, 0.2) is 0 Å². The van der Waals surface area contributed by atoms with Crippen molar-refractivity contribution in [2.75, 3.05) is 31.6 Å². The molecule has 1 saturated heterocycles. The van der Waals surface area contributed by atoms with E-state index in [0.29, 0.717) is 36.8 Å². The summed E-state index contributed by atoms with van der Waals surface area (Å²) in [5, 5.41) is 2.73. The van der Waals surface area contributed by atoms with Gasteiger partial charge in [-0.1, -0.05) is 41.9 Å². The van der Waals surface area contributed by atoms with Gasteiger partial charge in [0.25, 0.3) is 0 Å². The largest absolute Gasteiger partial charge is 0.435 e. The van der Waals surface area contributed by atoms with Crippen molar-refractivity contribution >= 4 is 23.4 Å². The Morgan fingerprint density at radius 3 is 2.57 bits per heavy atom. The molecule has 162 valence electrons. The van der Waals surface area contributed by atoms with Crippen LogP contribution in [0.1, 0.15) is 5.56 Å². The van der Waals surface area contributed by atoms with E-state index in [4.69, 9.17) is 21.1 Å². The van der Waals surface area contributed by atoms with Crippen LogP contribution in [0.15, 0.2) is 54.6 Å². The summed E-state index contributed by atoms with van der Waals surface area (Å²) in [6.45, 7) is 0.523. The average molecular weight is 443 g/mol. The molecule has 1 amide bonds. The Kier molecular flexibility index (Phi) is 7.58. The zero-order valence-electron chi connectivity index (χ0n) is 16.1. The lowest BCUT2D eigenvalue weighted by Crippen LogP contribution is -2.50. The molecule has 0 aromatic heterocycles. The number of alkyl halides is 3. The van der Waals surface area contributed by atoms with Crippen LogP contribution in [0.5, 0.6) is 0 Å². The van der Waals surface area contributed by atoms with Crippen LogP contribution in [-0.2, 0) is 15.9 Å². The molecule has 0 saturated carbocycles. The van der Waals surface area contributed by atoms with Crippen molar-refractivity contribution in [3.63, 3.8) is 0 Å². The summed E-state index contributed by atoms with van der Waals surface area (Å²) in [6.07, 6.45) is -7.73. The van der Waals surface area contributed by atoms with Gasteiger partial charge in [-0.25, -0.2) is 4.79 Å². The summed E-state index contributed by atoms with van der Waals surface area (Å²) in [6, 6.07) is 15.6. The molecule has 9 heteroatoms. The highest BCUT2D eigenvalue weighted by Crippen LogP contribution is 2.25. The maximum atomic E-state index is 13.5. The van der Waals surface area contributed by atoms with E-state index in [9.17, 15) is 18.0 Å². The van der Waals surface area contributed by atoms with Crippen molar-refractivity contribution in [3.05, 3.63) is 65.2 Å². The molecular weight excluding hydrogens is 421 g/mol. The van der Waals surface area contributed by atoms with E-state index < -0.39 is 24.9 Å². The number of hydrogen-bond donors (Lipinski definition) is 1. The molecule has 2 atom stereocenters. The highest BCUT2D eigenvalue weighted by atomic mass is 35.5. The lowest BCUT2D eigenvalue weighted by molar-refractivity contribution is -0.209. The minimum Gasteiger partial charge on any atom is -0.435 e. The first kappa shape index (κ1) is 22.4. The van der Waals surface area contributed by atoms with Gasteiger partial charge < -0.3 is 9.47 Å². The molecule has 3 rings (SSSR count). The molecule has 1 heterocycles. The van der Waals surface area contributed by atoms with Gasteiger partial charge in [0.1, 0.15) is 0 Å². The molecule has 30 heavy (non-hydrogen) atoms. The van der Waals surface area contributed by atoms with Crippen molar-refractivity contribution in [3.8, 4) is 0 Å². The van der Waals surface area contributed by atoms with Crippen LogP contribution in [0, 0.1) is 0 Å². The monoisotopic (exact) mass is 442 g/mol. The third kappa shape index (κ3) is 6.90. The molecule has 1 aliphatic heterocycles.